The molecule has 1 heterocycles. The first-order valence-electron chi connectivity index (χ1n) is 8.31. The van der Waals surface area contributed by atoms with Gasteiger partial charge in [-0.2, -0.15) is 0 Å². The predicted molar refractivity (Wildman–Crippen MR) is 108 cm³/mol. The summed E-state index contributed by atoms with van der Waals surface area (Å²) in [5.41, 5.74) is 2.55. The summed E-state index contributed by atoms with van der Waals surface area (Å²) < 4.78 is 0.893. The van der Waals surface area contributed by atoms with Crippen molar-refractivity contribution in [2.75, 3.05) is 13.1 Å². The molecule has 1 aliphatic rings. The lowest BCUT2D eigenvalue weighted by atomic mass is 9.88. The smallest absolute Gasteiger partial charge is 0.254 e. The maximum absolute atomic E-state index is 12.7. The van der Waals surface area contributed by atoms with Gasteiger partial charge in [-0.1, -0.05) is 41.4 Å². The van der Waals surface area contributed by atoms with E-state index in [2.05, 4.69) is 22.6 Å². The van der Waals surface area contributed by atoms with Crippen molar-refractivity contribution < 1.29 is 9.59 Å². The summed E-state index contributed by atoms with van der Waals surface area (Å²) in [5, 5.41) is 0.563. The Kier molecular flexibility index (Phi) is 5.79. The summed E-state index contributed by atoms with van der Waals surface area (Å²) in [6.45, 7) is 3.21. The third-order valence-corrected chi connectivity index (χ3v) is 5.82. The lowest BCUT2D eigenvalue weighted by Crippen LogP contribution is -2.40. The molecule has 1 aliphatic heterocycles. The molecule has 0 saturated carbocycles. The molecular formula is C20H19ClINO2. The first-order valence-corrected chi connectivity index (χ1v) is 9.76. The van der Waals surface area contributed by atoms with E-state index in [1.54, 1.807) is 12.1 Å². The van der Waals surface area contributed by atoms with Crippen LogP contribution in [0.1, 0.15) is 39.1 Å². The van der Waals surface area contributed by atoms with Crippen LogP contribution in [-0.2, 0) is 0 Å². The average Bonchev–Trinajstić information content (AvgIpc) is 2.63. The second-order valence-corrected chi connectivity index (χ2v) is 8.02. The zero-order valence-electron chi connectivity index (χ0n) is 14.0. The molecule has 5 heteroatoms. The van der Waals surface area contributed by atoms with Crippen LogP contribution in [0.15, 0.2) is 42.5 Å². The van der Waals surface area contributed by atoms with Crippen molar-refractivity contribution >= 4 is 45.9 Å². The highest BCUT2D eigenvalue weighted by Gasteiger charge is 2.29. The Labute approximate surface area is 166 Å². The van der Waals surface area contributed by atoms with Gasteiger partial charge < -0.3 is 4.90 Å². The summed E-state index contributed by atoms with van der Waals surface area (Å²) in [4.78, 5) is 27.2. The Morgan fingerprint density at radius 3 is 2.36 bits per heavy atom. The molecule has 1 amide bonds. The molecule has 3 nitrogen and oxygen atoms in total. The number of hydrogen-bond donors (Lipinski definition) is 0. The number of carbonyl (C=O) groups excluding carboxylic acids is 2. The van der Waals surface area contributed by atoms with Gasteiger partial charge >= 0.3 is 0 Å². The van der Waals surface area contributed by atoms with Gasteiger partial charge in [0, 0.05) is 33.2 Å². The third kappa shape index (κ3) is 4.23. The van der Waals surface area contributed by atoms with E-state index in [4.69, 9.17) is 11.6 Å². The number of rotatable bonds is 3. The molecule has 0 atom stereocenters. The zero-order chi connectivity index (χ0) is 18.0. The molecule has 0 radical (unpaired) electrons. The molecule has 130 valence electrons. The van der Waals surface area contributed by atoms with Gasteiger partial charge in [-0.15, -0.1) is 0 Å². The largest absolute Gasteiger partial charge is 0.339 e. The van der Waals surface area contributed by atoms with Crippen molar-refractivity contribution in [3.63, 3.8) is 0 Å². The summed E-state index contributed by atoms with van der Waals surface area (Å²) in [7, 11) is 0. The summed E-state index contributed by atoms with van der Waals surface area (Å²) in [6, 6.07) is 13.1. The van der Waals surface area contributed by atoms with Crippen LogP contribution in [0.4, 0.5) is 0 Å². The minimum atomic E-state index is -0.00908. The molecule has 0 unspecified atom stereocenters. The molecule has 2 aromatic carbocycles. The predicted octanol–water partition coefficient (Wildman–Crippen LogP) is 4.99. The minimum absolute atomic E-state index is 0.00636. The number of amides is 1. The van der Waals surface area contributed by atoms with E-state index in [9.17, 15) is 9.59 Å². The van der Waals surface area contributed by atoms with E-state index in [-0.39, 0.29) is 17.6 Å². The van der Waals surface area contributed by atoms with Gasteiger partial charge in [0.15, 0.2) is 5.78 Å². The highest BCUT2D eigenvalue weighted by Crippen LogP contribution is 2.25. The van der Waals surface area contributed by atoms with E-state index in [1.165, 1.54) is 0 Å². The Hall–Kier alpha value is -1.40. The van der Waals surface area contributed by atoms with Crippen LogP contribution in [0.3, 0.4) is 0 Å². The number of aryl methyl sites for hydroxylation is 1. The van der Waals surface area contributed by atoms with Crippen LogP contribution in [0, 0.1) is 16.4 Å². The summed E-state index contributed by atoms with van der Waals surface area (Å²) in [5.74, 6) is 0.169. The number of Topliss-reactive ketones (excluding diaryl/α,β-unsaturated/α-hetero) is 1. The lowest BCUT2D eigenvalue weighted by molar-refractivity contribution is 0.0649. The van der Waals surface area contributed by atoms with E-state index < -0.39 is 0 Å². The molecule has 3 rings (SSSR count). The Bertz CT molecular complexity index is 796. The van der Waals surface area contributed by atoms with Crippen LogP contribution >= 0.6 is 34.2 Å². The molecule has 0 aromatic heterocycles. The fourth-order valence-corrected chi connectivity index (χ4v) is 3.87. The maximum Gasteiger partial charge on any atom is 0.254 e. The van der Waals surface area contributed by atoms with Gasteiger partial charge in [0.05, 0.1) is 5.56 Å². The number of piperidine rings is 1. The fourth-order valence-electron chi connectivity index (χ4n) is 3.13. The molecular weight excluding hydrogens is 449 g/mol. The normalized spacial score (nSPS) is 15.2. The van der Waals surface area contributed by atoms with E-state index >= 15 is 0 Å². The van der Waals surface area contributed by atoms with Gasteiger partial charge in [-0.3, -0.25) is 9.59 Å². The zero-order valence-corrected chi connectivity index (χ0v) is 16.9. The molecule has 0 spiro atoms. The molecule has 2 aromatic rings. The van der Waals surface area contributed by atoms with Gasteiger partial charge in [-0.05, 0) is 60.6 Å². The fraction of sp³-hybridized carbons (Fsp3) is 0.300. The minimum Gasteiger partial charge on any atom is -0.339 e. The third-order valence-electron chi connectivity index (χ3n) is 4.65. The van der Waals surface area contributed by atoms with Crippen molar-refractivity contribution in [1.82, 2.24) is 4.90 Å². The average molecular weight is 468 g/mol. The van der Waals surface area contributed by atoms with Crippen molar-refractivity contribution in [1.29, 1.82) is 0 Å². The lowest BCUT2D eigenvalue weighted by Gasteiger charge is -2.31. The molecule has 0 aliphatic carbocycles. The Balaban J connectivity index is 1.65. The molecule has 0 bridgehead atoms. The number of hydrogen-bond acceptors (Lipinski definition) is 2. The van der Waals surface area contributed by atoms with Crippen LogP contribution < -0.4 is 0 Å². The number of nitrogens with zero attached hydrogens (tertiary/aromatic N) is 1. The van der Waals surface area contributed by atoms with Gasteiger partial charge in [-0.25, -0.2) is 0 Å². The first kappa shape index (κ1) is 18.4. The molecule has 1 saturated heterocycles. The highest BCUT2D eigenvalue weighted by atomic mass is 127. The number of ketones is 1. The SMILES string of the molecule is Cc1ccc(C(=O)C2CCN(C(=O)c3cc(Cl)ccc3I)CC2)cc1. The molecule has 25 heavy (non-hydrogen) atoms. The van der Waals surface area contributed by atoms with E-state index in [0.29, 0.717) is 36.5 Å². The first-order chi connectivity index (χ1) is 12.0. The van der Waals surface area contributed by atoms with Crippen molar-refractivity contribution in [3.8, 4) is 0 Å². The topological polar surface area (TPSA) is 37.4 Å². The Morgan fingerprint density at radius 1 is 1.08 bits per heavy atom. The number of likely N-dealkylation sites (tertiary alicyclic amines) is 1. The maximum atomic E-state index is 12.7. The van der Waals surface area contributed by atoms with Crippen molar-refractivity contribution in [2.24, 2.45) is 5.92 Å². The second kappa shape index (κ2) is 7.87. The van der Waals surface area contributed by atoms with Crippen LogP contribution in [0.5, 0.6) is 0 Å². The van der Waals surface area contributed by atoms with Crippen LogP contribution in [0.2, 0.25) is 5.02 Å². The monoisotopic (exact) mass is 467 g/mol. The summed E-state index contributed by atoms with van der Waals surface area (Å²) >= 11 is 8.18. The molecule has 0 N–H and O–H groups in total. The summed E-state index contributed by atoms with van der Waals surface area (Å²) in [6.07, 6.45) is 1.41. The van der Waals surface area contributed by atoms with E-state index in [1.807, 2.05) is 42.2 Å². The second-order valence-electron chi connectivity index (χ2n) is 6.42. The quantitative estimate of drug-likeness (QED) is 0.471. The number of carbonyl (C=O) groups is 2. The molecule has 1 fully saturated rings. The van der Waals surface area contributed by atoms with Gasteiger partial charge in [0.25, 0.3) is 5.91 Å². The van der Waals surface area contributed by atoms with Crippen LogP contribution in [0.25, 0.3) is 0 Å². The van der Waals surface area contributed by atoms with Gasteiger partial charge in [0.2, 0.25) is 0 Å². The van der Waals surface area contributed by atoms with E-state index in [0.717, 1.165) is 14.7 Å². The Morgan fingerprint density at radius 2 is 1.72 bits per heavy atom. The number of benzene rings is 2. The van der Waals surface area contributed by atoms with Crippen molar-refractivity contribution in [2.45, 2.75) is 19.8 Å². The van der Waals surface area contributed by atoms with Gasteiger partial charge in [0.1, 0.15) is 0 Å². The standard InChI is InChI=1S/C20H19ClINO2/c1-13-2-4-14(5-3-13)19(24)15-8-10-23(11-9-15)20(25)17-12-16(21)6-7-18(17)22/h2-7,12,15H,8-11H2,1H3. The number of halogens is 2. The highest BCUT2D eigenvalue weighted by molar-refractivity contribution is 14.1. The van der Waals surface area contributed by atoms with Crippen molar-refractivity contribution in [3.05, 3.63) is 67.7 Å². The van der Waals surface area contributed by atoms with Crippen LogP contribution in [-0.4, -0.2) is 29.7 Å².